The highest BCUT2D eigenvalue weighted by atomic mass is 19.4. The van der Waals surface area contributed by atoms with Crippen molar-refractivity contribution < 1.29 is 13.2 Å². The largest absolute Gasteiger partial charge is 0.416 e. The molecular weight excluding hydrogens is 219 g/mol. The summed E-state index contributed by atoms with van der Waals surface area (Å²) >= 11 is 0. The maximum atomic E-state index is 12.4. The van der Waals surface area contributed by atoms with Crippen LogP contribution in [0.5, 0.6) is 0 Å². The molecule has 0 fully saturated rings. The standard InChI is InChI=1S/C10H6F3N3/c11-10(12,13)7-2-4-16-8(1-3-14)6-15-9(16)5-7/h2,4-6H,1H2. The second-order valence-corrected chi connectivity index (χ2v) is 3.23. The highest BCUT2D eigenvalue weighted by Gasteiger charge is 2.30. The fraction of sp³-hybridized carbons (Fsp3) is 0.200. The number of rotatable bonds is 1. The summed E-state index contributed by atoms with van der Waals surface area (Å²) in [6.07, 6.45) is -1.58. The fourth-order valence-electron chi connectivity index (χ4n) is 1.42. The lowest BCUT2D eigenvalue weighted by atomic mass is 10.2. The highest BCUT2D eigenvalue weighted by Crippen LogP contribution is 2.29. The van der Waals surface area contributed by atoms with Gasteiger partial charge in [0.2, 0.25) is 0 Å². The molecule has 0 spiro atoms. The Morgan fingerprint density at radius 2 is 2.19 bits per heavy atom. The maximum Gasteiger partial charge on any atom is 0.416 e. The van der Waals surface area contributed by atoms with E-state index in [0.717, 1.165) is 12.1 Å². The molecule has 0 saturated heterocycles. The minimum absolute atomic E-state index is 0.118. The van der Waals surface area contributed by atoms with E-state index in [1.165, 1.54) is 16.8 Å². The lowest BCUT2D eigenvalue weighted by Gasteiger charge is -2.06. The molecule has 0 aliphatic heterocycles. The molecule has 2 aromatic heterocycles. The lowest BCUT2D eigenvalue weighted by Crippen LogP contribution is -2.05. The van der Waals surface area contributed by atoms with E-state index in [4.69, 9.17) is 5.26 Å². The fourth-order valence-corrected chi connectivity index (χ4v) is 1.42. The van der Waals surface area contributed by atoms with Crippen LogP contribution in [0.4, 0.5) is 13.2 Å². The molecule has 0 unspecified atom stereocenters. The average molecular weight is 225 g/mol. The summed E-state index contributed by atoms with van der Waals surface area (Å²) in [7, 11) is 0. The van der Waals surface area contributed by atoms with Crippen molar-refractivity contribution in [2.45, 2.75) is 12.6 Å². The van der Waals surface area contributed by atoms with Gasteiger partial charge in [-0.25, -0.2) is 4.98 Å². The van der Waals surface area contributed by atoms with Crippen LogP contribution >= 0.6 is 0 Å². The number of hydrogen-bond donors (Lipinski definition) is 0. The number of aromatic nitrogens is 2. The summed E-state index contributed by atoms with van der Waals surface area (Å²) in [4.78, 5) is 3.82. The molecule has 0 aliphatic rings. The molecule has 0 saturated carbocycles. The number of imidazole rings is 1. The summed E-state index contributed by atoms with van der Waals surface area (Å²) in [5.41, 5.74) is 0.0282. The van der Waals surface area contributed by atoms with Crippen LogP contribution in [-0.4, -0.2) is 9.38 Å². The molecule has 0 atom stereocenters. The van der Waals surface area contributed by atoms with Gasteiger partial charge in [0.25, 0.3) is 0 Å². The van der Waals surface area contributed by atoms with Gasteiger partial charge < -0.3 is 4.40 Å². The van der Waals surface area contributed by atoms with E-state index < -0.39 is 11.7 Å². The summed E-state index contributed by atoms with van der Waals surface area (Å²) in [6, 6.07) is 3.85. The lowest BCUT2D eigenvalue weighted by molar-refractivity contribution is -0.137. The first-order valence-electron chi connectivity index (χ1n) is 4.42. The zero-order chi connectivity index (χ0) is 11.8. The van der Waals surface area contributed by atoms with Gasteiger partial charge in [-0.2, -0.15) is 18.4 Å². The first kappa shape index (κ1) is 10.5. The Labute approximate surface area is 88.8 Å². The number of nitriles is 1. The summed E-state index contributed by atoms with van der Waals surface area (Å²) < 4.78 is 38.6. The van der Waals surface area contributed by atoms with Gasteiger partial charge >= 0.3 is 6.18 Å². The molecule has 3 nitrogen and oxygen atoms in total. The van der Waals surface area contributed by atoms with Crippen molar-refractivity contribution in [2.75, 3.05) is 0 Å². The van der Waals surface area contributed by atoms with Gasteiger partial charge in [0, 0.05) is 6.20 Å². The van der Waals surface area contributed by atoms with Crippen molar-refractivity contribution >= 4 is 5.65 Å². The van der Waals surface area contributed by atoms with E-state index >= 15 is 0 Å². The second kappa shape index (κ2) is 3.52. The number of hydrogen-bond acceptors (Lipinski definition) is 2. The number of halogens is 3. The monoisotopic (exact) mass is 225 g/mol. The van der Waals surface area contributed by atoms with Crippen LogP contribution in [0.1, 0.15) is 11.3 Å². The van der Waals surface area contributed by atoms with Crippen LogP contribution in [0.15, 0.2) is 24.5 Å². The number of fused-ring (bicyclic) bond motifs is 1. The van der Waals surface area contributed by atoms with Crippen molar-refractivity contribution in [1.29, 1.82) is 5.26 Å². The predicted molar refractivity (Wildman–Crippen MR) is 49.5 cm³/mol. The molecule has 16 heavy (non-hydrogen) atoms. The van der Waals surface area contributed by atoms with Crippen LogP contribution in [-0.2, 0) is 12.6 Å². The summed E-state index contributed by atoms with van der Waals surface area (Å²) in [6.45, 7) is 0. The predicted octanol–water partition coefficient (Wildman–Crippen LogP) is 2.42. The Kier molecular flexibility index (Phi) is 2.31. The van der Waals surface area contributed by atoms with Crippen molar-refractivity contribution in [2.24, 2.45) is 0 Å². The number of pyridine rings is 1. The normalized spacial score (nSPS) is 11.6. The molecule has 0 radical (unpaired) electrons. The topological polar surface area (TPSA) is 41.1 Å². The van der Waals surface area contributed by atoms with Crippen LogP contribution in [0, 0.1) is 11.3 Å². The van der Waals surface area contributed by atoms with Gasteiger partial charge in [0.1, 0.15) is 5.65 Å². The van der Waals surface area contributed by atoms with E-state index in [2.05, 4.69) is 4.98 Å². The Morgan fingerprint density at radius 3 is 2.81 bits per heavy atom. The zero-order valence-corrected chi connectivity index (χ0v) is 7.99. The molecule has 2 heterocycles. The van der Waals surface area contributed by atoms with Crippen LogP contribution < -0.4 is 0 Å². The van der Waals surface area contributed by atoms with Crippen LogP contribution in [0.25, 0.3) is 5.65 Å². The molecule has 0 N–H and O–H groups in total. The third-order valence-corrected chi connectivity index (χ3v) is 2.18. The van der Waals surface area contributed by atoms with Crippen molar-refractivity contribution in [3.8, 4) is 6.07 Å². The highest BCUT2D eigenvalue weighted by molar-refractivity contribution is 5.44. The van der Waals surface area contributed by atoms with Crippen LogP contribution in [0.3, 0.4) is 0 Å². The molecule has 0 amide bonds. The smallest absolute Gasteiger partial charge is 0.303 e. The van der Waals surface area contributed by atoms with E-state index in [9.17, 15) is 13.2 Å². The van der Waals surface area contributed by atoms with Gasteiger partial charge in [-0.1, -0.05) is 0 Å². The van der Waals surface area contributed by atoms with Gasteiger partial charge in [-0.3, -0.25) is 0 Å². The number of alkyl halides is 3. The van der Waals surface area contributed by atoms with Crippen LogP contribution in [0.2, 0.25) is 0 Å². The summed E-state index contributed by atoms with van der Waals surface area (Å²) in [5, 5.41) is 8.51. The average Bonchev–Trinajstić information content (AvgIpc) is 2.60. The van der Waals surface area contributed by atoms with E-state index in [1.807, 2.05) is 6.07 Å². The minimum atomic E-state index is -4.37. The summed E-state index contributed by atoms with van der Waals surface area (Å²) in [5.74, 6) is 0. The van der Waals surface area contributed by atoms with E-state index in [-0.39, 0.29) is 12.1 Å². The molecule has 0 aliphatic carbocycles. The molecule has 0 aromatic carbocycles. The molecule has 2 aromatic rings. The van der Waals surface area contributed by atoms with Gasteiger partial charge in [-0.15, -0.1) is 0 Å². The molecule has 0 bridgehead atoms. The Hall–Kier alpha value is -2.03. The molecule has 6 heteroatoms. The van der Waals surface area contributed by atoms with E-state index in [0.29, 0.717) is 5.69 Å². The second-order valence-electron chi connectivity index (χ2n) is 3.23. The Bertz CT molecular complexity index is 563. The number of nitrogens with zero attached hydrogens (tertiary/aromatic N) is 3. The third-order valence-electron chi connectivity index (χ3n) is 2.18. The van der Waals surface area contributed by atoms with Gasteiger partial charge in [-0.05, 0) is 12.1 Å². The quantitative estimate of drug-likeness (QED) is 0.747. The molecular formula is C10H6F3N3. The maximum absolute atomic E-state index is 12.4. The third kappa shape index (κ3) is 1.72. The molecule has 82 valence electrons. The SMILES string of the molecule is N#CCc1cnc2cc(C(F)(F)F)ccn12. The van der Waals surface area contributed by atoms with Crippen molar-refractivity contribution in [3.05, 3.63) is 35.8 Å². The first-order valence-corrected chi connectivity index (χ1v) is 4.42. The van der Waals surface area contributed by atoms with Crippen molar-refractivity contribution in [3.63, 3.8) is 0 Å². The Balaban J connectivity index is 2.54. The Morgan fingerprint density at radius 1 is 1.44 bits per heavy atom. The zero-order valence-electron chi connectivity index (χ0n) is 7.99. The first-order chi connectivity index (χ1) is 7.52. The minimum Gasteiger partial charge on any atom is -0.303 e. The van der Waals surface area contributed by atoms with Crippen molar-refractivity contribution in [1.82, 2.24) is 9.38 Å². The van der Waals surface area contributed by atoms with Gasteiger partial charge in [0.15, 0.2) is 0 Å². The van der Waals surface area contributed by atoms with E-state index in [1.54, 1.807) is 0 Å². The molecule has 2 rings (SSSR count). The van der Waals surface area contributed by atoms with Gasteiger partial charge in [0.05, 0.1) is 29.9 Å².